The Balaban J connectivity index is 5.23. The van der Waals surface area contributed by atoms with E-state index in [2.05, 4.69) is 34.6 Å². The molecule has 5 atom stereocenters. The molecule has 0 spiro atoms. The third kappa shape index (κ3) is 74.3. The van der Waals surface area contributed by atoms with E-state index in [9.17, 15) is 43.2 Å². The molecule has 0 aliphatic carbocycles. The Morgan fingerprint density at radius 1 is 0.270 bits per heavy atom. The SMILES string of the molecule is CCCCCCCCCCCCCCCCCCCCCCC(=O)O[C@H](COC(=O)CCCCCCCCCCCCCCCCCC)COP(=O)(O)OC[C@@H](O)COP(=O)(O)OC[C@@H](COC(=O)CCCCCCCCCCC(C)C)OC(=O)CCCCCCCCCCCCCCC. The van der Waals surface area contributed by atoms with E-state index in [0.717, 1.165) is 95.8 Å². The summed E-state index contributed by atoms with van der Waals surface area (Å²) in [6, 6.07) is 0. The number of aliphatic hydroxyl groups is 1. The van der Waals surface area contributed by atoms with E-state index < -0.39 is 97.5 Å². The lowest BCUT2D eigenvalue weighted by atomic mass is 10.0. The van der Waals surface area contributed by atoms with Gasteiger partial charge in [0.1, 0.15) is 19.3 Å². The maximum absolute atomic E-state index is 13.1. The first kappa shape index (κ1) is 98.1. The van der Waals surface area contributed by atoms with Gasteiger partial charge in [-0.2, -0.15) is 0 Å². The van der Waals surface area contributed by atoms with E-state index in [1.165, 1.54) is 257 Å². The Bertz CT molecular complexity index is 1910. The van der Waals surface area contributed by atoms with Crippen LogP contribution in [-0.2, 0) is 65.4 Å². The lowest BCUT2D eigenvalue weighted by molar-refractivity contribution is -0.161. The van der Waals surface area contributed by atoms with E-state index in [1.807, 2.05) is 0 Å². The number of rotatable bonds is 81. The molecule has 0 radical (unpaired) electrons. The normalized spacial score (nSPS) is 13.8. The van der Waals surface area contributed by atoms with Gasteiger partial charge in [-0.1, -0.05) is 381 Å². The molecule has 0 amide bonds. The summed E-state index contributed by atoms with van der Waals surface area (Å²) < 4.78 is 68.7. The van der Waals surface area contributed by atoms with Gasteiger partial charge in [0.05, 0.1) is 26.4 Å². The topological polar surface area (TPSA) is 237 Å². The maximum atomic E-state index is 13.1. The first-order chi connectivity index (χ1) is 48.5. The Labute approximate surface area is 613 Å². The molecule has 0 saturated heterocycles. The number of phosphoric ester groups is 2. The Kier molecular flexibility index (Phi) is 72.5. The Morgan fingerprint density at radius 3 is 0.680 bits per heavy atom. The van der Waals surface area contributed by atoms with Gasteiger partial charge in [0, 0.05) is 25.7 Å². The number of aliphatic hydroxyl groups excluding tert-OH is 1. The van der Waals surface area contributed by atoms with Crippen molar-refractivity contribution < 1.29 is 80.2 Å². The summed E-state index contributed by atoms with van der Waals surface area (Å²) in [6.45, 7) is 7.30. The van der Waals surface area contributed by atoms with E-state index in [4.69, 9.17) is 37.0 Å². The summed E-state index contributed by atoms with van der Waals surface area (Å²) in [4.78, 5) is 73.0. The fourth-order valence-corrected chi connectivity index (χ4v) is 14.2. The van der Waals surface area contributed by atoms with Crippen LogP contribution in [0.2, 0.25) is 0 Å². The highest BCUT2D eigenvalue weighted by Gasteiger charge is 2.30. The van der Waals surface area contributed by atoms with Gasteiger partial charge in [-0.25, -0.2) is 9.13 Å². The fourth-order valence-electron chi connectivity index (χ4n) is 12.6. The van der Waals surface area contributed by atoms with Crippen LogP contribution in [0.15, 0.2) is 0 Å². The molecule has 0 aliphatic heterocycles. The first-order valence-electron chi connectivity index (χ1n) is 42.1. The minimum absolute atomic E-state index is 0.108. The van der Waals surface area contributed by atoms with E-state index in [0.29, 0.717) is 25.7 Å². The molecule has 0 rings (SSSR count). The van der Waals surface area contributed by atoms with Crippen LogP contribution >= 0.6 is 15.6 Å². The van der Waals surface area contributed by atoms with Gasteiger partial charge in [0.15, 0.2) is 12.2 Å². The van der Waals surface area contributed by atoms with Crippen LogP contribution in [0.4, 0.5) is 0 Å². The fraction of sp³-hybridized carbons (Fsp3) is 0.951. The molecule has 0 aromatic heterocycles. The molecule has 0 fully saturated rings. The van der Waals surface area contributed by atoms with Gasteiger partial charge in [0.25, 0.3) is 0 Å². The summed E-state index contributed by atoms with van der Waals surface area (Å²) >= 11 is 0. The molecule has 594 valence electrons. The number of hydrogen-bond acceptors (Lipinski definition) is 15. The van der Waals surface area contributed by atoms with Crippen molar-refractivity contribution in [2.75, 3.05) is 39.6 Å². The third-order valence-electron chi connectivity index (χ3n) is 19.0. The van der Waals surface area contributed by atoms with Gasteiger partial charge >= 0.3 is 39.5 Å². The lowest BCUT2D eigenvalue weighted by Crippen LogP contribution is -2.30. The van der Waals surface area contributed by atoms with Gasteiger partial charge in [0.2, 0.25) is 0 Å². The van der Waals surface area contributed by atoms with Crippen molar-refractivity contribution in [2.45, 2.75) is 451 Å². The number of ether oxygens (including phenoxy) is 4. The van der Waals surface area contributed by atoms with Gasteiger partial charge in [-0.3, -0.25) is 37.3 Å². The number of carbonyl (C=O) groups excluding carboxylic acids is 4. The Hall–Kier alpha value is -1.94. The van der Waals surface area contributed by atoms with Crippen molar-refractivity contribution in [3.8, 4) is 0 Å². The third-order valence-corrected chi connectivity index (χ3v) is 20.9. The molecule has 0 bridgehead atoms. The largest absolute Gasteiger partial charge is 0.472 e. The minimum atomic E-state index is -4.96. The second-order valence-electron chi connectivity index (χ2n) is 29.6. The summed E-state index contributed by atoms with van der Waals surface area (Å²) in [6.07, 6.45) is 65.2. The molecule has 17 nitrogen and oxygen atoms in total. The molecular weight excluding hydrogens is 1310 g/mol. The van der Waals surface area contributed by atoms with Crippen LogP contribution in [0, 0.1) is 5.92 Å². The number of esters is 4. The molecule has 0 aromatic carbocycles. The van der Waals surface area contributed by atoms with Crippen LogP contribution in [0.1, 0.15) is 433 Å². The van der Waals surface area contributed by atoms with Gasteiger partial charge < -0.3 is 33.8 Å². The summed E-state index contributed by atoms with van der Waals surface area (Å²) in [5.74, 6) is -1.38. The van der Waals surface area contributed by atoms with Crippen molar-refractivity contribution in [3.63, 3.8) is 0 Å². The summed E-state index contributed by atoms with van der Waals surface area (Å²) in [5.41, 5.74) is 0. The second kappa shape index (κ2) is 73.9. The average Bonchev–Trinajstić information content (AvgIpc) is 0.928. The highest BCUT2D eigenvalue weighted by Crippen LogP contribution is 2.45. The molecule has 0 aromatic rings. The van der Waals surface area contributed by atoms with Crippen LogP contribution in [0.3, 0.4) is 0 Å². The maximum Gasteiger partial charge on any atom is 0.472 e. The standard InChI is InChI=1S/C81H158O17P2/c1-6-9-12-15-18-21-24-27-29-31-32-33-34-36-39-42-45-52-57-62-67-81(86)97-76(70-91-78(83)64-59-54-49-43-40-38-35-30-28-25-22-19-16-13-10-7-2)72-95-99(87,88)93-68-75(82)69-94-100(89,90)96-73-77(71-92-79(84)65-60-55-50-47-46-48-53-58-63-74(4)5)98-80(85)66-61-56-51-44-41-37-26-23-20-17-14-11-8-3/h74-77,82H,6-73H2,1-5H3,(H,87,88)(H,89,90)/t75-,76-,77-/m1/s1. The number of unbranched alkanes of at least 4 members (excludes halogenated alkanes) is 53. The molecule has 0 heterocycles. The highest BCUT2D eigenvalue weighted by atomic mass is 31.2. The van der Waals surface area contributed by atoms with Crippen molar-refractivity contribution >= 4 is 39.5 Å². The minimum Gasteiger partial charge on any atom is -0.462 e. The van der Waals surface area contributed by atoms with Gasteiger partial charge in [-0.15, -0.1) is 0 Å². The second-order valence-corrected chi connectivity index (χ2v) is 32.5. The first-order valence-corrected chi connectivity index (χ1v) is 45.1. The molecule has 0 saturated carbocycles. The zero-order valence-corrected chi connectivity index (χ0v) is 67.1. The highest BCUT2D eigenvalue weighted by molar-refractivity contribution is 7.47. The molecule has 3 N–H and O–H groups in total. The molecule has 19 heteroatoms. The molecule has 0 aliphatic rings. The molecule has 100 heavy (non-hydrogen) atoms. The number of phosphoric acid groups is 2. The van der Waals surface area contributed by atoms with Crippen molar-refractivity contribution in [3.05, 3.63) is 0 Å². The summed E-state index contributed by atoms with van der Waals surface area (Å²) in [7, 11) is -9.92. The molecular formula is C81H158O17P2. The predicted molar refractivity (Wildman–Crippen MR) is 409 cm³/mol. The van der Waals surface area contributed by atoms with Crippen LogP contribution in [-0.4, -0.2) is 96.7 Å². The predicted octanol–water partition coefficient (Wildman–Crippen LogP) is 24.4. The zero-order chi connectivity index (χ0) is 73.4. The zero-order valence-electron chi connectivity index (χ0n) is 65.3. The molecule has 2 unspecified atom stereocenters. The van der Waals surface area contributed by atoms with Crippen molar-refractivity contribution in [1.82, 2.24) is 0 Å². The van der Waals surface area contributed by atoms with E-state index in [-0.39, 0.29) is 25.7 Å². The number of hydrogen-bond donors (Lipinski definition) is 3. The van der Waals surface area contributed by atoms with Gasteiger partial charge in [-0.05, 0) is 31.6 Å². The smallest absolute Gasteiger partial charge is 0.462 e. The summed E-state index contributed by atoms with van der Waals surface area (Å²) in [5, 5.41) is 10.6. The van der Waals surface area contributed by atoms with Crippen LogP contribution < -0.4 is 0 Å². The van der Waals surface area contributed by atoms with E-state index >= 15 is 0 Å². The average molecular weight is 1470 g/mol. The van der Waals surface area contributed by atoms with Crippen molar-refractivity contribution in [1.29, 1.82) is 0 Å². The quantitative estimate of drug-likeness (QED) is 0.0222. The van der Waals surface area contributed by atoms with Crippen LogP contribution in [0.25, 0.3) is 0 Å². The van der Waals surface area contributed by atoms with Crippen LogP contribution in [0.5, 0.6) is 0 Å². The number of carbonyl (C=O) groups is 4. The van der Waals surface area contributed by atoms with Crippen molar-refractivity contribution in [2.24, 2.45) is 5.92 Å². The Morgan fingerprint density at radius 2 is 0.460 bits per heavy atom. The lowest BCUT2D eigenvalue weighted by Gasteiger charge is -2.21. The monoisotopic (exact) mass is 1470 g/mol. The van der Waals surface area contributed by atoms with E-state index in [1.54, 1.807) is 0 Å².